The highest BCUT2D eigenvalue weighted by Crippen LogP contribution is 2.39. The largest absolute Gasteiger partial charge is 0.350 e. The first-order chi connectivity index (χ1) is 15.9. The topological polar surface area (TPSA) is 73.8 Å². The summed E-state index contributed by atoms with van der Waals surface area (Å²) in [5, 5.41) is 8.63. The molecule has 0 fully saturated rings. The number of aryl methyl sites for hydroxylation is 2. The number of imide groups is 1. The molecule has 33 heavy (non-hydrogen) atoms. The molecule has 2 amide bonds. The Kier molecular flexibility index (Phi) is 4.22. The van der Waals surface area contributed by atoms with Crippen molar-refractivity contribution in [1.82, 2.24) is 24.2 Å². The number of aromatic nitrogens is 4. The highest BCUT2D eigenvalue weighted by Gasteiger charge is 2.35. The second-order valence-electron chi connectivity index (χ2n) is 8.15. The Morgan fingerprint density at radius 2 is 1.45 bits per heavy atom. The molecule has 0 spiro atoms. The first-order valence-electron chi connectivity index (χ1n) is 10.4. The van der Waals surface area contributed by atoms with Crippen molar-refractivity contribution in [2.24, 2.45) is 14.1 Å². The van der Waals surface area contributed by atoms with Crippen LogP contribution < -0.4 is 5.32 Å². The van der Waals surface area contributed by atoms with Crippen LogP contribution in [0.1, 0.15) is 11.1 Å². The van der Waals surface area contributed by atoms with E-state index in [2.05, 4.69) is 26.3 Å². The molecule has 0 saturated heterocycles. The van der Waals surface area contributed by atoms with Gasteiger partial charge in [0.25, 0.3) is 11.8 Å². The molecular formula is C25H18BrN5O2. The van der Waals surface area contributed by atoms with E-state index in [0.717, 1.165) is 43.1 Å². The molecule has 3 aromatic heterocycles. The van der Waals surface area contributed by atoms with Crippen molar-refractivity contribution >= 4 is 60.7 Å². The molecule has 0 saturated carbocycles. The Labute approximate surface area is 197 Å². The molecule has 0 bridgehead atoms. The van der Waals surface area contributed by atoms with Crippen LogP contribution in [0.2, 0.25) is 0 Å². The van der Waals surface area contributed by atoms with E-state index in [0.29, 0.717) is 11.1 Å². The lowest BCUT2D eigenvalue weighted by Crippen LogP contribution is -2.22. The van der Waals surface area contributed by atoms with Crippen molar-refractivity contribution < 1.29 is 9.59 Å². The van der Waals surface area contributed by atoms with Crippen molar-refractivity contribution in [3.63, 3.8) is 0 Å². The van der Waals surface area contributed by atoms with E-state index < -0.39 is 0 Å². The number of carbonyl (C=O) groups excluding carboxylic acids is 2. The molecule has 1 aliphatic rings. The summed E-state index contributed by atoms with van der Waals surface area (Å²) < 4.78 is 6.68. The summed E-state index contributed by atoms with van der Waals surface area (Å²) >= 11 is 3.51. The van der Waals surface area contributed by atoms with Gasteiger partial charge in [0, 0.05) is 70.8 Å². The molecule has 162 valence electrons. The maximum absolute atomic E-state index is 13.0. The van der Waals surface area contributed by atoms with Crippen LogP contribution in [0.15, 0.2) is 71.7 Å². The van der Waals surface area contributed by atoms with Crippen LogP contribution in [-0.4, -0.2) is 30.7 Å². The normalized spacial score (nSPS) is 14.2. The van der Waals surface area contributed by atoms with Crippen molar-refractivity contribution in [1.29, 1.82) is 0 Å². The highest BCUT2D eigenvalue weighted by molar-refractivity contribution is 9.10. The molecular weight excluding hydrogens is 482 g/mol. The summed E-state index contributed by atoms with van der Waals surface area (Å²) in [6.45, 7) is 0. The van der Waals surface area contributed by atoms with Crippen molar-refractivity contribution in [2.45, 2.75) is 0 Å². The van der Waals surface area contributed by atoms with Gasteiger partial charge in [-0.15, -0.1) is 0 Å². The number of nitrogens with one attached hydrogen (secondary N) is 1. The van der Waals surface area contributed by atoms with Gasteiger partial charge in [-0.2, -0.15) is 5.10 Å². The van der Waals surface area contributed by atoms with E-state index in [4.69, 9.17) is 0 Å². The Balaban J connectivity index is 1.62. The molecule has 1 N–H and O–H groups in total. The number of fused-ring (bicyclic) bond motifs is 2. The Morgan fingerprint density at radius 3 is 2.06 bits per heavy atom. The maximum Gasteiger partial charge on any atom is 0.259 e. The summed E-state index contributed by atoms with van der Waals surface area (Å²) in [4.78, 5) is 26.1. The predicted octanol–water partition coefficient (Wildman–Crippen LogP) is 4.19. The van der Waals surface area contributed by atoms with Gasteiger partial charge in [0.2, 0.25) is 0 Å². The first kappa shape index (κ1) is 19.8. The van der Waals surface area contributed by atoms with Crippen LogP contribution in [-0.2, 0) is 23.7 Å². The number of benzene rings is 2. The number of carbonyl (C=O) groups is 2. The smallest absolute Gasteiger partial charge is 0.259 e. The van der Waals surface area contributed by atoms with E-state index >= 15 is 0 Å². The molecule has 7 nitrogen and oxygen atoms in total. The lowest BCUT2D eigenvalue weighted by atomic mass is 9.95. The fraction of sp³-hybridized carbons (Fsp3) is 0.0800. The van der Waals surface area contributed by atoms with Crippen LogP contribution in [0.3, 0.4) is 0 Å². The second-order valence-corrected chi connectivity index (χ2v) is 9.07. The van der Waals surface area contributed by atoms with Crippen LogP contribution in [0.25, 0.3) is 38.6 Å². The van der Waals surface area contributed by atoms with Gasteiger partial charge in [-0.05, 0) is 30.3 Å². The summed E-state index contributed by atoms with van der Waals surface area (Å²) in [6, 6.07) is 13.7. The molecule has 0 radical (unpaired) electrons. The predicted molar refractivity (Wildman–Crippen MR) is 131 cm³/mol. The number of hydrogen-bond acceptors (Lipinski definition) is 3. The van der Waals surface area contributed by atoms with E-state index in [1.807, 2.05) is 84.3 Å². The van der Waals surface area contributed by atoms with Gasteiger partial charge < -0.3 is 9.13 Å². The van der Waals surface area contributed by atoms with Crippen LogP contribution >= 0.6 is 15.9 Å². The average Bonchev–Trinajstić information content (AvgIpc) is 3.55. The minimum atomic E-state index is -0.382. The first-order valence-corrected chi connectivity index (χ1v) is 11.2. The molecule has 5 aromatic rings. The van der Waals surface area contributed by atoms with Crippen molar-refractivity contribution in [3.8, 4) is 5.69 Å². The van der Waals surface area contributed by atoms with Crippen LogP contribution in [0, 0.1) is 0 Å². The summed E-state index contributed by atoms with van der Waals surface area (Å²) in [5.41, 5.74) is 5.10. The third-order valence-corrected chi connectivity index (χ3v) is 6.66. The zero-order valence-electron chi connectivity index (χ0n) is 17.8. The quantitative estimate of drug-likeness (QED) is 0.378. The third-order valence-electron chi connectivity index (χ3n) is 6.17. The van der Waals surface area contributed by atoms with Gasteiger partial charge in [-0.25, -0.2) is 4.68 Å². The molecule has 1 aliphatic heterocycles. The summed E-state index contributed by atoms with van der Waals surface area (Å²) in [6.07, 6.45) is 7.43. The molecule has 0 unspecified atom stereocenters. The molecule has 2 aromatic carbocycles. The molecule has 0 aliphatic carbocycles. The number of hydrogen-bond donors (Lipinski definition) is 1. The van der Waals surface area contributed by atoms with Gasteiger partial charge in [0.05, 0.1) is 22.4 Å². The fourth-order valence-electron chi connectivity index (χ4n) is 4.66. The highest BCUT2D eigenvalue weighted by atomic mass is 79.9. The Hall–Kier alpha value is -3.91. The summed E-state index contributed by atoms with van der Waals surface area (Å²) in [5.74, 6) is -0.761. The SMILES string of the molecule is Cn1cc(C2=C(c3cn(C)c4cc(-n5cccn5)ccc34)C(=O)NC2=O)c2ccc(Br)cc21. The van der Waals surface area contributed by atoms with E-state index in [1.165, 1.54) is 0 Å². The van der Waals surface area contributed by atoms with E-state index in [1.54, 1.807) is 10.9 Å². The minimum Gasteiger partial charge on any atom is -0.350 e. The second kappa shape index (κ2) is 7.05. The van der Waals surface area contributed by atoms with Crippen LogP contribution in [0.4, 0.5) is 0 Å². The van der Waals surface area contributed by atoms with Crippen LogP contribution in [0.5, 0.6) is 0 Å². The van der Waals surface area contributed by atoms with Crippen molar-refractivity contribution in [2.75, 3.05) is 0 Å². The minimum absolute atomic E-state index is 0.379. The zero-order chi connectivity index (χ0) is 22.9. The van der Waals surface area contributed by atoms with Gasteiger partial charge in [-0.3, -0.25) is 14.9 Å². The van der Waals surface area contributed by atoms with E-state index in [-0.39, 0.29) is 11.8 Å². The molecule has 8 heteroatoms. The van der Waals surface area contributed by atoms with Gasteiger partial charge in [0.1, 0.15) is 0 Å². The monoisotopic (exact) mass is 499 g/mol. The van der Waals surface area contributed by atoms with Crippen molar-refractivity contribution in [3.05, 3.63) is 82.9 Å². The van der Waals surface area contributed by atoms with Gasteiger partial charge in [-0.1, -0.05) is 28.1 Å². The van der Waals surface area contributed by atoms with E-state index in [9.17, 15) is 9.59 Å². The standard InChI is InChI=1S/C25H18BrN5O2/c1-29-12-18(16-6-4-14(26)10-20(16)29)22-23(25(33)28-24(22)32)19-13-30(2)21-11-15(5-7-17(19)21)31-9-3-8-27-31/h3-13H,1-2H3,(H,28,32,33). The third kappa shape index (κ3) is 2.91. The average molecular weight is 500 g/mol. The maximum atomic E-state index is 13.0. The van der Waals surface area contributed by atoms with Gasteiger partial charge >= 0.3 is 0 Å². The molecule has 4 heterocycles. The summed E-state index contributed by atoms with van der Waals surface area (Å²) in [7, 11) is 3.87. The molecule has 6 rings (SSSR count). The Morgan fingerprint density at radius 1 is 0.848 bits per heavy atom. The zero-order valence-corrected chi connectivity index (χ0v) is 19.4. The number of nitrogens with zero attached hydrogens (tertiary/aromatic N) is 4. The lowest BCUT2D eigenvalue weighted by Gasteiger charge is -2.05. The number of rotatable bonds is 3. The fourth-order valence-corrected chi connectivity index (χ4v) is 5.01. The molecule has 0 atom stereocenters. The lowest BCUT2D eigenvalue weighted by molar-refractivity contribution is -0.122. The van der Waals surface area contributed by atoms with Gasteiger partial charge in [0.15, 0.2) is 0 Å². The number of halogens is 1. The Bertz CT molecular complexity index is 1650. The number of amides is 2.